The molecule has 7 heteroatoms. The predicted octanol–water partition coefficient (Wildman–Crippen LogP) is 3.37. The lowest BCUT2D eigenvalue weighted by Crippen LogP contribution is -2.50. The summed E-state index contributed by atoms with van der Waals surface area (Å²) >= 11 is 0. The van der Waals surface area contributed by atoms with Gasteiger partial charge in [0.1, 0.15) is 5.60 Å². The second-order valence-corrected chi connectivity index (χ2v) is 6.86. The fourth-order valence-corrected chi connectivity index (χ4v) is 2.53. The molecule has 0 unspecified atom stereocenters. The normalized spacial score (nSPS) is 20.3. The average Bonchev–Trinajstić information content (AvgIpc) is 2.35. The van der Waals surface area contributed by atoms with E-state index < -0.39 is 11.7 Å². The van der Waals surface area contributed by atoms with Gasteiger partial charge in [0, 0.05) is 29.4 Å². The Morgan fingerprint density at radius 2 is 1.96 bits per heavy atom. The van der Waals surface area contributed by atoms with Crippen LogP contribution in [0.4, 0.5) is 16.2 Å². The Kier molecular flexibility index (Phi) is 4.77. The Balaban J connectivity index is 1.84. The summed E-state index contributed by atoms with van der Waals surface area (Å²) in [5.74, 6) is 0. The molecule has 23 heavy (non-hydrogen) atoms. The molecule has 0 aromatic heterocycles. The van der Waals surface area contributed by atoms with Crippen molar-refractivity contribution in [3.63, 3.8) is 0 Å². The van der Waals surface area contributed by atoms with Crippen LogP contribution in [0.15, 0.2) is 18.2 Å². The minimum atomic E-state index is -0.508. The van der Waals surface area contributed by atoms with E-state index in [1.165, 1.54) is 6.07 Å². The van der Waals surface area contributed by atoms with Crippen LogP contribution in [-0.4, -0.2) is 28.7 Å². The zero-order valence-electron chi connectivity index (χ0n) is 13.9. The standard InChI is InChI=1S/C16H23N3O4/c1-10-13(6-5-7-14(10)19(21)22)17-11-8-12(9-11)18-15(20)23-16(2,3)4/h5-7,11-12,17H,8-9H2,1-4H3,(H,18,20). The maximum atomic E-state index is 11.7. The van der Waals surface area contributed by atoms with Gasteiger partial charge in [0.05, 0.1) is 4.92 Å². The molecule has 0 radical (unpaired) electrons. The van der Waals surface area contributed by atoms with E-state index >= 15 is 0 Å². The summed E-state index contributed by atoms with van der Waals surface area (Å²) in [5, 5.41) is 17.1. The van der Waals surface area contributed by atoms with E-state index in [0.29, 0.717) is 5.56 Å². The molecule has 0 atom stereocenters. The first kappa shape index (κ1) is 17.1. The minimum Gasteiger partial charge on any atom is -0.444 e. The van der Waals surface area contributed by atoms with Crippen LogP contribution in [0, 0.1) is 17.0 Å². The maximum absolute atomic E-state index is 11.7. The van der Waals surface area contributed by atoms with Gasteiger partial charge < -0.3 is 15.4 Å². The van der Waals surface area contributed by atoms with Crippen molar-refractivity contribution >= 4 is 17.5 Å². The first-order valence-corrected chi connectivity index (χ1v) is 7.66. The molecule has 0 aliphatic heterocycles. The first-order chi connectivity index (χ1) is 10.7. The van der Waals surface area contributed by atoms with Gasteiger partial charge in [-0.05, 0) is 46.6 Å². The van der Waals surface area contributed by atoms with E-state index in [0.717, 1.165) is 18.5 Å². The van der Waals surface area contributed by atoms with Crippen molar-refractivity contribution in [2.45, 2.75) is 58.2 Å². The third-order valence-electron chi connectivity index (χ3n) is 3.72. The van der Waals surface area contributed by atoms with Gasteiger partial charge in [0.15, 0.2) is 0 Å². The molecule has 2 rings (SSSR count). The number of nitro groups is 1. The van der Waals surface area contributed by atoms with Gasteiger partial charge in [-0.1, -0.05) is 6.07 Å². The number of alkyl carbamates (subject to hydrolysis) is 1. The van der Waals surface area contributed by atoms with Gasteiger partial charge in [-0.15, -0.1) is 0 Å². The summed E-state index contributed by atoms with van der Waals surface area (Å²) < 4.78 is 5.21. The van der Waals surface area contributed by atoms with Crippen LogP contribution in [0.1, 0.15) is 39.2 Å². The van der Waals surface area contributed by atoms with Crippen LogP contribution in [0.3, 0.4) is 0 Å². The highest BCUT2D eigenvalue weighted by Crippen LogP contribution is 2.30. The second kappa shape index (κ2) is 6.44. The highest BCUT2D eigenvalue weighted by atomic mass is 16.6. The molecule has 1 fully saturated rings. The van der Waals surface area contributed by atoms with Gasteiger partial charge in [-0.2, -0.15) is 0 Å². The number of anilines is 1. The quantitative estimate of drug-likeness (QED) is 0.655. The third kappa shape index (κ3) is 4.58. The van der Waals surface area contributed by atoms with E-state index in [4.69, 9.17) is 4.74 Å². The summed E-state index contributed by atoms with van der Waals surface area (Å²) in [7, 11) is 0. The topological polar surface area (TPSA) is 93.5 Å². The maximum Gasteiger partial charge on any atom is 0.407 e. The van der Waals surface area contributed by atoms with Crippen molar-refractivity contribution in [2.75, 3.05) is 5.32 Å². The summed E-state index contributed by atoms with van der Waals surface area (Å²) in [4.78, 5) is 22.2. The van der Waals surface area contributed by atoms with Crippen molar-refractivity contribution in [3.05, 3.63) is 33.9 Å². The van der Waals surface area contributed by atoms with E-state index in [2.05, 4.69) is 10.6 Å². The van der Waals surface area contributed by atoms with Crippen LogP contribution in [0.5, 0.6) is 0 Å². The molecule has 2 N–H and O–H groups in total. The monoisotopic (exact) mass is 321 g/mol. The Hall–Kier alpha value is -2.31. The summed E-state index contributed by atoms with van der Waals surface area (Å²) in [5.41, 5.74) is 0.990. The fourth-order valence-electron chi connectivity index (χ4n) is 2.53. The average molecular weight is 321 g/mol. The zero-order valence-corrected chi connectivity index (χ0v) is 13.9. The first-order valence-electron chi connectivity index (χ1n) is 7.66. The largest absolute Gasteiger partial charge is 0.444 e. The van der Waals surface area contributed by atoms with Crippen molar-refractivity contribution in [2.24, 2.45) is 0 Å². The number of ether oxygens (including phenoxy) is 1. The van der Waals surface area contributed by atoms with Crippen LogP contribution in [-0.2, 0) is 4.74 Å². The number of hydrogen-bond acceptors (Lipinski definition) is 5. The molecule has 0 spiro atoms. The minimum absolute atomic E-state index is 0.0707. The lowest BCUT2D eigenvalue weighted by atomic mass is 9.86. The Labute approximate surface area is 135 Å². The van der Waals surface area contributed by atoms with E-state index in [-0.39, 0.29) is 22.7 Å². The fraction of sp³-hybridized carbons (Fsp3) is 0.562. The molecule has 1 aromatic carbocycles. The zero-order chi connectivity index (χ0) is 17.2. The van der Waals surface area contributed by atoms with Gasteiger partial charge in [0.25, 0.3) is 5.69 Å². The Bertz CT molecular complexity index is 604. The van der Waals surface area contributed by atoms with E-state index in [1.807, 2.05) is 26.8 Å². The molecule has 126 valence electrons. The van der Waals surface area contributed by atoms with Crippen LogP contribution >= 0.6 is 0 Å². The number of nitrogens with zero attached hydrogens (tertiary/aromatic N) is 1. The molecule has 1 aromatic rings. The second-order valence-electron chi connectivity index (χ2n) is 6.86. The molecule has 0 saturated heterocycles. The van der Waals surface area contributed by atoms with Crippen molar-refractivity contribution in [1.29, 1.82) is 0 Å². The number of carbonyl (C=O) groups is 1. The van der Waals surface area contributed by atoms with Crippen molar-refractivity contribution in [1.82, 2.24) is 5.32 Å². The number of rotatable bonds is 4. The number of benzene rings is 1. The molecule has 1 amide bonds. The van der Waals surface area contributed by atoms with Crippen LogP contribution in [0.2, 0.25) is 0 Å². The summed E-state index contributed by atoms with van der Waals surface area (Å²) in [6, 6.07) is 5.25. The SMILES string of the molecule is Cc1c(NC2CC(NC(=O)OC(C)(C)C)C2)cccc1[N+](=O)[O-]. The Morgan fingerprint density at radius 3 is 2.52 bits per heavy atom. The molecule has 1 aliphatic carbocycles. The number of carbonyl (C=O) groups excluding carboxylic acids is 1. The van der Waals surface area contributed by atoms with Gasteiger partial charge in [0.2, 0.25) is 0 Å². The lowest BCUT2D eigenvalue weighted by molar-refractivity contribution is -0.385. The number of nitrogens with one attached hydrogen (secondary N) is 2. The number of amides is 1. The number of nitro benzene ring substituents is 1. The molecule has 1 aliphatic rings. The molecule has 7 nitrogen and oxygen atoms in total. The summed E-state index contributed by atoms with van der Waals surface area (Å²) in [6.45, 7) is 7.20. The van der Waals surface area contributed by atoms with Crippen LogP contribution in [0.25, 0.3) is 0 Å². The van der Waals surface area contributed by atoms with E-state index in [1.54, 1.807) is 13.0 Å². The lowest BCUT2D eigenvalue weighted by Gasteiger charge is -2.37. The highest BCUT2D eigenvalue weighted by molar-refractivity contribution is 5.68. The van der Waals surface area contributed by atoms with Crippen LogP contribution < -0.4 is 10.6 Å². The Morgan fingerprint density at radius 1 is 1.30 bits per heavy atom. The molecule has 1 saturated carbocycles. The summed E-state index contributed by atoms with van der Waals surface area (Å²) in [6.07, 6.45) is 1.12. The molecular weight excluding hydrogens is 298 g/mol. The smallest absolute Gasteiger partial charge is 0.407 e. The van der Waals surface area contributed by atoms with Gasteiger partial charge in [-0.25, -0.2) is 4.79 Å². The van der Waals surface area contributed by atoms with Gasteiger partial charge >= 0.3 is 6.09 Å². The van der Waals surface area contributed by atoms with E-state index in [9.17, 15) is 14.9 Å². The molecule has 0 heterocycles. The third-order valence-corrected chi connectivity index (χ3v) is 3.72. The van der Waals surface area contributed by atoms with Crippen molar-refractivity contribution in [3.8, 4) is 0 Å². The van der Waals surface area contributed by atoms with Gasteiger partial charge in [-0.3, -0.25) is 10.1 Å². The predicted molar refractivity (Wildman–Crippen MR) is 87.6 cm³/mol. The molecular formula is C16H23N3O4. The van der Waals surface area contributed by atoms with Crippen molar-refractivity contribution < 1.29 is 14.5 Å². The molecule has 0 bridgehead atoms. The number of hydrogen-bond donors (Lipinski definition) is 2. The highest BCUT2D eigenvalue weighted by Gasteiger charge is 2.32.